The quantitative estimate of drug-likeness (QED) is 0.163. The van der Waals surface area contributed by atoms with Crippen molar-refractivity contribution in [1.82, 2.24) is 4.57 Å². The number of rotatable bonds is 7. The van der Waals surface area contributed by atoms with Gasteiger partial charge in [0.15, 0.2) is 0 Å². The molecule has 0 saturated carbocycles. The van der Waals surface area contributed by atoms with Gasteiger partial charge in [-0.1, -0.05) is 170 Å². The normalized spacial score (nSPS) is 11.5. The Kier molecular flexibility index (Phi) is 7.82. The summed E-state index contributed by atoms with van der Waals surface area (Å²) < 4.78 is 9.15. The highest BCUT2D eigenvalue weighted by atomic mass is 16.3. The average molecular weight is 729 g/mol. The van der Waals surface area contributed by atoms with Gasteiger partial charge in [-0.05, 0) is 64.7 Å². The van der Waals surface area contributed by atoms with Gasteiger partial charge in [-0.2, -0.15) is 0 Å². The molecule has 0 spiro atoms. The molecular weight excluding hydrogens is 693 g/mol. The number of anilines is 3. The smallest absolute Gasteiger partial charge is 0.138 e. The summed E-state index contributed by atoms with van der Waals surface area (Å²) in [6.45, 7) is 0. The third-order valence-electron chi connectivity index (χ3n) is 11.2. The number of benzene rings is 9. The van der Waals surface area contributed by atoms with Gasteiger partial charge in [0.25, 0.3) is 0 Å². The molecule has 0 amide bonds. The zero-order valence-electron chi connectivity index (χ0n) is 31.1. The van der Waals surface area contributed by atoms with Crippen molar-refractivity contribution in [2.45, 2.75) is 0 Å². The van der Waals surface area contributed by atoms with Crippen molar-refractivity contribution in [2.24, 2.45) is 0 Å². The first-order valence-corrected chi connectivity index (χ1v) is 19.4. The average Bonchev–Trinajstić information content (AvgIpc) is 3.83. The van der Waals surface area contributed by atoms with Gasteiger partial charge >= 0.3 is 0 Å². The molecule has 3 heteroatoms. The molecule has 2 aromatic heterocycles. The highest BCUT2D eigenvalue weighted by Gasteiger charge is 2.27. The molecule has 0 aliphatic rings. The Morgan fingerprint density at radius 1 is 0.386 bits per heavy atom. The van der Waals surface area contributed by atoms with E-state index in [1.165, 1.54) is 27.5 Å². The third kappa shape index (κ3) is 5.43. The molecule has 0 aliphatic carbocycles. The van der Waals surface area contributed by atoms with Crippen LogP contribution in [0.5, 0.6) is 0 Å². The molecule has 0 bridgehead atoms. The molecule has 57 heavy (non-hydrogen) atoms. The Morgan fingerprint density at radius 3 is 1.68 bits per heavy atom. The fourth-order valence-corrected chi connectivity index (χ4v) is 8.70. The van der Waals surface area contributed by atoms with Gasteiger partial charge < -0.3 is 13.9 Å². The Hall–Kier alpha value is -7.62. The highest BCUT2D eigenvalue weighted by Crippen LogP contribution is 2.50. The topological polar surface area (TPSA) is 21.3 Å². The number of fused-ring (bicyclic) bond motifs is 6. The van der Waals surface area contributed by atoms with Crippen LogP contribution in [0.15, 0.2) is 223 Å². The lowest BCUT2D eigenvalue weighted by molar-refractivity contribution is 0.669. The van der Waals surface area contributed by atoms with Crippen LogP contribution in [-0.2, 0) is 0 Å². The van der Waals surface area contributed by atoms with E-state index in [1.54, 1.807) is 0 Å². The summed E-state index contributed by atoms with van der Waals surface area (Å²) in [5, 5.41) is 4.60. The van der Waals surface area contributed by atoms with E-state index in [0.29, 0.717) is 0 Å². The lowest BCUT2D eigenvalue weighted by Gasteiger charge is -2.29. The fourth-order valence-electron chi connectivity index (χ4n) is 8.70. The maximum absolute atomic E-state index is 6.71. The van der Waals surface area contributed by atoms with E-state index in [0.717, 1.165) is 72.4 Å². The van der Waals surface area contributed by atoms with Crippen molar-refractivity contribution in [2.75, 3.05) is 4.90 Å². The predicted molar refractivity (Wildman–Crippen MR) is 239 cm³/mol. The largest absolute Gasteiger partial charge is 0.456 e. The van der Waals surface area contributed by atoms with Crippen LogP contribution in [0.2, 0.25) is 0 Å². The molecular formula is C54H36N2O. The first-order valence-electron chi connectivity index (χ1n) is 19.4. The third-order valence-corrected chi connectivity index (χ3v) is 11.2. The summed E-state index contributed by atoms with van der Waals surface area (Å²) in [6, 6.07) is 78.0. The molecule has 9 aromatic carbocycles. The molecule has 0 aliphatic heterocycles. The van der Waals surface area contributed by atoms with E-state index in [9.17, 15) is 0 Å². The van der Waals surface area contributed by atoms with Crippen LogP contribution in [0, 0.1) is 0 Å². The molecule has 11 aromatic rings. The van der Waals surface area contributed by atoms with Crippen molar-refractivity contribution in [3.05, 3.63) is 218 Å². The van der Waals surface area contributed by atoms with Gasteiger partial charge in [-0.25, -0.2) is 0 Å². The number of furan rings is 1. The molecule has 0 N–H and O–H groups in total. The van der Waals surface area contributed by atoms with Crippen molar-refractivity contribution in [3.8, 4) is 39.1 Å². The second kappa shape index (κ2) is 13.6. The number of para-hydroxylation sites is 4. The van der Waals surface area contributed by atoms with E-state index < -0.39 is 0 Å². The lowest BCUT2D eigenvalue weighted by Crippen LogP contribution is -2.12. The van der Waals surface area contributed by atoms with E-state index >= 15 is 0 Å². The van der Waals surface area contributed by atoms with Crippen molar-refractivity contribution in [1.29, 1.82) is 0 Å². The second-order valence-electron chi connectivity index (χ2n) is 14.5. The molecule has 2 heterocycles. The summed E-state index contributed by atoms with van der Waals surface area (Å²) in [5.41, 5.74) is 15.3. The van der Waals surface area contributed by atoms with E-state index in [4.69, 9.17) is 4.42 Å². The van der Waals surface area contributed by atoms with Gasteiger partial charge in [-0.3, -0.25) is 0 Å². The van der Waals surface area contributed by atoms with Crippen molar-refractivity contribution in [3.63, 3.8) is 0 Å². The van der Waals surface area contributed by atoms with E-state index in [-0.39, 0.29) is 0 Å². The number of aromatic nitrogens is 1. The fraction of sp³-hybridized carbons (Fsp3) is 0. The Labute approximate surface area is 330 Å². The molecule has 0 saturated heterocycles. The van der Waals surface area contributed by atoms with Gasteiger partial charge in [0.2, 0.25) is 0 Å². The SMILES string of the molecule is c1ccc(-c2ccc(N(c3ccccc3-c3ccccc3)c3cccc4c5c(-c6ccccc6)c6c(cc5n(-c5ccccc5)c34)oc3ccccc36)cc2)cc1. The Bertz CT molecular complexity index is 3200. The second-order valence-corrected chi connectivity index (χ2v) is 14.5. The Morgan fingerprint density at radius 2 is 0.947 bits per heavy atom. The minimum absolute atomic E-state index is 0.867. The van der Waals surface area contributed by atoms with Crippen LogP contribution < -0.4 is 4.90 Å². The summed E-state index contributed by atoms with van der Waals surface area (Å²) in [6.07, 6.45) is 0. The monoisotopic (exact) mass is 728 g/mol. The maximum Gasteiger partial charge on any atom is 0.138 e. The minimum Gasteiger partial charge on any atom is -0.456 e. The van der Waals surface area contributed by atoms with Crippen LogP contribution >= 0.6 is 0 Å². The van der Waals surface area contributed by atoms with Crippen LogP contribution in [0.4, 0.5) is 17.1 Å². The standard InChI is InChI=1S/C54H36N2O/c1-5-18-37(19-6-1)38-32-34-42(35-33-38)55(46-29-15-13-26-43(46)39-20-7-2-8-21-39)47-30-17-28-45-52-48(56(54(45)47)41-24-11-4-12-25-41)36-50-53(44-27-14-16-31-49(44)57-50)51(52)40-22-9-3-10-23-40/h1-36H. The first-order chi connectivity index (χ1) is 28.3. The predicted octanol–water partition coefficient (Wildman–Crippen LogP) is 15.2. The first kappa shape index (κ1) is 32.8. The Balaban J connectivity index is 1.28. The summed E-state index contributed by atoms with van der Waals surface area (Å²) in [7, 11) is 0. The van der Waals surface area contributed by atoms with Crippen LogP contribution in [-0.4, -0.2) is 4.57 Å². The molecule has 0 fully saturated rings. The number of nitrogens with zero attached hydrogens (tertiary/aromatic N) is 2. The van der Waals surface area contributed by atoms with Gasteiger partial charge in [0.1, 0.15) is 11.2 Å². The van der Waals surface area contributed by atoms with Crippen LogP contribution in [0.3, 0.4) is 0 Å². The van der Waals surface area contributed by atoms with Crippen LogP contribution in [0.25, 0.3) is 82.8 Å². The van der Waals surface area contributed by atoms with Crippen LogP contribution in [0.1, 0.15) is 0 Å². The minimum atomic E-state index is 0.867. The highest BCUT2D eigenvalue weighted by molar-refractivity contribution is 6.28. The molecule has 11 rings (SSSR count). The molecule has 0 unspecified atom stereocenters. The molecule has 0 radical (unpaired) electrons. The summed E-state index contributed by atoms with van der Waals surface area (Å²) >= 11 is 0. The van der Waals surface area contributed by atoms with Gasteiger partial charge in [0.05, 0.1) is 22.4 Å². The zero-order chi connectivity index (χ0) is 37.7. The summed E-state index contributed by atoms with van der Waals surface area (Å²) in [4.78, 5) is 2.44. The molecule has 268 valence electrons. The number of hydrogen-bond acceptors (Lipinski definition) is 2. The molecule has 0 atom stereocenters. The number of hydrogen-bond donors (Lipinski definition) is 0. The van der Waals surface area contributed by atoms with Crippen molar-refractivity contribution >= 4 is 60.8 Å². The van der Waals surface area contributed by atoms with Gasteiger partial charge in [0, 0.05) is 50.1 Å². The molecule has 3 nitrogen and oxygen atoms in total. The summed E-state index contributed by atoms with van der Waals surface area (Å²) in [5.74, 6) is 0. The maximum atomic E-state index is 6.71. The van der Waals surface area contributed by atoms with E-state index in [1.807, 2.05) is 6.07 Å². The van der Waals surface area contributed by atoms with Crippen molar-refractivity contribution < 1.29 is 4.42 Å². The zero-order valence-corrected chi connectivity index (χ0v) is 31.1. The van der Waals surface area contributed by atoms with E-state index in [2.05, 4.69) is 222 Å². The lowest BCUT2D eigenvalue weighted by atomic mass is 9.94. The van der Waals surface area contributed by atoms with Gasteiger partial charge in [-0.15, -0.1) is 0 Å².